The van der Waals surface area contributed by atoms with Crippen molar-refractivity contribution in [1.82, 2.24) is 0 Å². The zero-order valence-electron chi connectivity index (χ0n) is 16.8. The van der Waals surface area contributed by atoms with Gasteiger partial charge in [0, 0.05) is 0 Å². The van der Waals surface area contributed by atoms with Crippen LogP contribution in [0.4, 0.5) is 0 Å². The van der Waals surface area contributed by atoms with E-state index in [1.54, 1.807) is 0 Å². The van der Waals surface area contributed by atoms with Gasteiger partial charge in [-0.15, -0.1) is 0 Å². The van der Waals surface area contributed by atoms with Gasteiger partial charge in [-0.3, -0.25) is 0 Å². The molecule has 0 heterocycles. The van der Waals surface area contributed by atoms with Crippen LogP contribution in [-0.4, -0.2) is 12.6 Å². The highest BCUT2D eigenvalue weighted by atomic mass is 16.5. The fourth-order valence-corrected chi connectivity index (χ4v) is 3.89. The second-order valence-electron chi connectivity index (χ2n) is 8.77. The van der Waals surface area contributed by atoms with Gasteiger partial charge in [0.2, 0.25) is 0 Å². The number of esters is 1. The Morgan fingerprint density at radius 3 is 2.00 bits per heavy atom. The van der Waals surface area contributed by atoms with Crippen molar-refractivity contribution in [2.45, 2.75) is 53.9 Å². The minimum absolute atomic E-state index is 0.0295. The van der Waals surface area contributed by atoms with Gasteiger partial charge < -0.3 is 4.74 Å². The predicted molar refractivity (Wildman–Crippen MR) is 109 cm³/mol. The Morgan fingerprint density at radius 2 is 1.42 bits per heavy atom. The zero-order chi connectivity index (χ0) is 19.2. The van der Waals surface area contributed by atoms with Crippen LogP contribution in [0.2, 0.25) is 0 Å². The summed E-state index contributed by atoms with van der Waals surface area (Å²) in [4.78, 5) is 12.4. The topological polar surface area (TPSA) is 26.3 Å². The average molecular weight is 353 g/mol. The lowest BCUT2D eigenvalue weighted by molar-refractivity contribution is 0.0245. The highest BCUT2D eigenvalue weighted by Crippen LogP contribution is 2.37. The molecule has 2 heteroatoms. The maximum atomic E-state index is 12.4. The van der Waals surface area contributed by atoms with Crippen molar-refractivity contribution in [3.8, 4) is 11.1 Å². The summed E-state index contributed by atoms with van der Waals surface area (Å²) in [5.41, 5.74) is 3.09. The summed E-state index contributed by atoms with van der Waals surface area (Å²) in [6, 6.07) is 17.8. The summed E-state index contributed by atoms with van der Waals surface area (Å²) in [5.74, 6) is -0.244. The number of benzene rings is 2. The molecule has 0 N–H and O–H groups in total. The highest BCUT2D eigenvalue weighted by Gasteiger charge is 2.29. The monoisotopic (exact) mass is 352 g/mol. The lowest BCUT2D eigenvalue weighted by atomic mass is 9.73. The van der Waals surface area contributed by atoms with Crippen LogP contribution in [0.5, 0.6) is 0 Å². The van der Waals surface area contributed by atoms with Crippen LogP contribution in [0.3, 0.4) is 0 Å². The number of ether oxygens (including phenoxy) is 1. The largest absolute Gasteiger partial charge is 0.462 e. The van der Waals surface area contributed by atoms with Crippen LogP contribution in [0.25, 0.3) is 11.1 Å². The minimum atomic E-state index is -0.244. The smallest absolute Gasteiger partial charge is 0.338 e. The van der Waals surface area contributed by atoms with E-state index in [9.17, 15) is 4.79 Å². The first-order valence-corrected chi connectivity index (χ1v) is 9.55. The van der Waals surface area contributed by atoms with Gasteiger partial charge in [-0.05, 0) is 46.9 Å². The molecule has 0 aliphatic carbocycles. The third kappa shape index (κ3) is 6.01. The van der Waals surface area contributed by atoms with E-state index in [1.807, 2.05) is 42.5 Å². The molecule has 0 aliphatic rings. The average Bonchev–Trinajstić information content (AvgIpc) is 2.59. The molecule has 26 heavy (non-hydrogen) atoms. The van der Waals surface area contributed by atoms with E-state index >= 15 is 0 Å². The Labute approximate surface area is 158 Å². The normalized spacial score (nSPS) is 12.0. The first kappa shape index (κ1) is 20.2. The third-order valence-electron chi connectivity index (χ3n) is 4.71. The van der Waals surface area contributed by atoms with Crippen LogP contribution in [0.15, 0.2) is 54.6 Å². The fourth-order valence-electron chi connectivity index (χ4n) is 3.89. The van der Waals surface area contributed by atoms with Gasteiger partial charge in [-0.2, -0.15) is 0 Å². The first-order valence-electron chi connectivity index (χ1n) is 9.55. The molecule has 2 rings (SSSR count). The van der Waals surface area contributed by atoms with Crippen LogP contribution in [0.1, 0.15) is 64.2 Å². The molecule has 0 fully saturated rings. The van der Waals surface area contributed by atoms with Gasteiger partial charge in [0.05, 0.1) is 12.2 Å². The molecule has 2 nitrogen and oxygen atoms in total. The van der Waals surface area contributed by atoms with Crippen molar-refractivity contribution in [2.24, 2.45) is 10.8 Å². The van der Waals surface area contributed by atoms with Gasteiger partial charge in [-0.25, -0.2) is 4.79 Å². The quantitative estimate of drug-likeness (QED) is 0.491. The molecule has 0 spiro atoms. The number of rotatable bonds is 8. The summed E-state index contributed by atoms with van der Waals surface area (Å²) < 4.78 is 5.62. The Balaban J connectivity index is 1.95. The number of hydrogen-bond acceptors (Lipinski definition) is 2. The highest BCUT2D eigenvalue weighted by molar-refractivity contribution is 5.90. The van der Waals surface area contributed by atoms with Gasteiger partial charge in [0.15, 0.2) is 0 Å². The summed E-state index contributed by atoms with van der Waals surface area (Å²) in [6.45, 7) is 11.6. The molecule has 0 aromatic heterocycles. The van der Waals surface area contributed by atoms with E-state index in [1.165, 1.54) is 12.8 Å². The number of hydrogen-bond donors (Lipinski definition) is 0. The molecule has 0 amide bonds. The molecular weight excluding hydrogens is 320 g/mol. The molecule has 0 bridgehead atoms. The minimum Gasteiger partial charge on any atom is -0.462 e. The van der Waals surface area contributed by atoms with E-state index in [0.717, 1.165) is 17.5 Å². The summed E-state index contributed by atoms with van der Waals surface area (Å²) >= 11 is 0. The number of carbonyl (C=O) groups is 1. The predicted octanol–water partition coefficient (Wildman–Crippen LogP) is 6.75. The molecular formula is C24H32O2. The molecule has 0 unspecified atom stereocenters. The molecule has 0 saturated heterocycles. The second-order valence-corrected chi connectivity index (χ2v) is 8.77. The Bertz CT molecular complexity index is 697. The van der Waals surface area contributed by atoms with Crippen LogP contribution in [-0.2, 0) is 4.74 Å². The van der Waals surface area contributed by atoms with Gasteiger partial charge in [-0.1, -0.05) is 83.5 Å². The molecule has 2 aromatic carbocycles. The maximum Gasteiger partial charge on any atom is 0.338 e. The standard InChI is InChI=1S/C24H32O2/c1-6-16-23(2,3)17-24(4,5)18-26-22(25)21-14-12-20(13-15-21)19-10-8-7-9-11-19/h7-15H,6,16-18H2,1-5H3. The third-order valence-corrected chi connectivity index (χ3v) is 4.71. The van der Waals surface area contributed by atoms with Crippen LogP contribution >= 0.6 is 0 Å². The lowest BCUT2D eigenvalue weighted by Crippen LogP contribution is -2.28. The van der Waals surface area contributed by atoms with E-state index in [0.29, 0.717) is 12.2 Å². The van der Waals surface area contributed by atoms with Crippen molar-refractivity contribution in [3.63, 3.8) is 0 Å². The van der Waals surface area contributed by atoms with Crippen molar-refractivity contribution in [2.75, 3.05) is 6.61 Å². The summed E-state index contributed by atoms with van der Waals surface area (Å²) in [7, 11) is 0. The van der Waals surface area contributed by atoms with Gasteiger partial charge >= 0.3 is 5.97 Å². The maximum absolute atomic E-state index is 12.4. The Kier molecular flexibility index (Phi) is 6.63. The lowest BCUT2D eigenvalue weighted by Gasteiger charge is -2.34. The molecule has 0 aliphatic heterocycles. The SMILES string of the molecule is CCCC(C)(C)CC(C)(C)COC(=O)c1ccc(-c2ccccc2)cc1. The summed E-state index contributed by atoms with van der Waals surface area (Å²) in [6.07, 6.45) is 3.40. The van der Waals surface area contributed by atoms with Crippen molar-refractivity contribution < 1.29 is 9.53 Å². The van der Waals surface area contributed by atoms with Gasteiger partial charge in [0.25, 0.3) is 0 Å². The molecule has 2 aromatic rings. The molecule has 0 atom stereocenters. The van der Waals surface area contributed by atoms with Crippen LogP contribution < -0.4 is 0 Å². The Morgan fingerprint density at radius 1 is 0.846 bits per heavy atom. The van der Waals surface area contributed by atoms with Crippen LogP contribution in [0, 0.1) is 10.8 Å². The van der Waals surface area contributed by atoms with E-state index in [4.69, 9.17) is 4.74 Å². The van der Waals surface area contributed by atoms with Crippen molar-refractivity contribution >= 4 is 5.97 Å². The van der Waals surface area contributed by atoms with Crippen molar-refractivity contribution in [3.05, 3.63) is 60.2 Å². The van der Waals surface area contributed by atoms with E-state index < -0.39 is 0 Å². The second kappa shape index (κ2) is 8.53. The zero-order valence-corrected chi connectivity index (χ0v) is 16.8. The molecule has 140 valence electrons. The molecule has 0 saturated carbocycles. The van der Waals surface area contributed by atoms with Gasteiger partial charge in [0.1, 0.15) is 0 Å². The van der Waals surface area contributed by atoms with Crippen molar-refractivity contribution in [1.29, 1.82) is 0 Å². The Hall–Kier alpha value is -2.09. The number of carbonyl (C=O) groups excluding carboxylic acids is 1. The van der Waals surface area contributed by atoms with E-state index in [-0.39, 0.29) is 16.8 Å². The first-order chi connectivity index (χ1) is 12.2. The molecule has 0 radical (unpaired) electrons. The van der Waals surface area contributed by atoms with E-state index in [2.05, 4.69) is 46.8 Å². The fraction of sp³-hybridized carbons (Fsp3) is 0.458. The summed E-state index contributed by atoms with van der Waals surface area (Å²) in [5, 5.41) is 0.